The molecular formula is C22H23FN6O2. The molecule has 2 aromatic heterocycles. The van der Waals surface area contributed by atoms with Gasteiger partial charge in [-0.25, -0.2) is 4.39 Å². The monoisotopic (exact) mass is 422 g/mol. The fourth-order valence-electron chi connectivity index (χ4n) is 3.51. The summed E-state index contributed by atoms with van der Waals surface area (Å²) in [7, 11) is 0. The molecule has 3 heterocycles. The molecule has 3 aromatic rings. The third kappa shape index (κ3) is 5.44. The van der Waals surface area contributed by atoms with Crippen molar-refractivity contribution in [1.29, 1.82) is 0 Å². The highest BCUT2D eigenvalue weighted by Crippen LogP contribution is 2.25. The highest BCUT2D eigenvalue weighted by Gasteiger charge is 2.18. The first kappa shape index (κ1) is 20.5. The lowest BCUT2D eigenvalue weighted by molar-refractivity contribution is -0.133. The van der Waals surface area contributed by atoms with Gasteiger partial charge in [0, 0.05) is 55.7 Å². The van der Waals surface area contributed by atoms with Gasteiger partial charge in [0.2, 0.25) is 0 Å². The summed E-state index contributed by atoms with van der Waals surface area (Å²) in [5.41, 5.74) is 2.06. The number of anilines is 3. The van der Waals surface area contributed by atoms with E-state index in [0.717, 1.165) is 37.9 Å². The Morgan fingerprint density at radius 2 is 1.74 bits per heavy atom. The molecule has 0 bridgehead atoms. The molecule has 1 fully saturated rings. The molecule has 8 nitrogen and oxygen atoms in total. The summed E-state index contributed by atoms with van der Waals surface area (Å²) in [6.07, 6.45) is 8.05. The van der Waals surface area contributed by atoms with E-state index in [4.69, 9.17) is 0 Å². The Balaban J connectivity index is 1.33. The first-order valence-electron chi connectivity index (χ1n) is 10.2. The van der Waals surface area contributed by atoms with Crippen LogP contribution in [0.4, 0.5) is 21.6 Å². The van der Waals surface area contributed by atoms with Crippen LogP contribution in [0, 0.1) is 5.82 Å². The van der Waals surface area contributed by atoms with Crippen LogP contribution in [0.5, 0.6) is 0 Å². The molecule has 1 aliphatic heterocycles. The van der Waals surface area contributed by atoms with Crippen molar-refractivity contribution < 1.29 is 14.0 Å². The third-order valence-corrected chi connectivity index (χ3v) is 5.08. The van der Waals surface area contributed by atoms with Crippen LogP contribution >= 0.6 is 0 Å². The van der Waals surface area contributed by atoms with E-state index in [9.17, 15) is 14.0 Å². The lowest BCUT2D eigenvalue weighted by Crippen LogP contribution is -2.29. The van der Waals surface area contributed by atoms with E-state index in [1.54, 1.807) is 35.4 Å². The van der Waals surface area contributed by atoms with E-state index >= 15 is 0 Å². The van der Waals surface area contributed by atoms with Gasteiger partial charge >= 0.3 is 11.8 Å². The van der Waals surface area contributed by atoms with Crippen molar-refractivity contribution in [3.05, 3.63) is 66.4 Å². The Morgan fingerprint density at radius 1 is 1.00 bits per heavy atom. The van der Waals surface area contributed by atoms with Crippen molar-refractivity contribution in [1.82, 2.24) is 14.8 Å². The summed E-state index contributed by atoms with van der Waals surface area (Å²) in [6, 6.07) is 9.77. The summed E-state index contributed by atoms with van der Waals surface area (Å²) in [5.74, 6) is -1.95. The number of carbonyl (C=O) groups excluding carboxylic acids is 2. The minimum Gasteiger partial charge on any atom is -0.371 e. The summed E-state index contributed by atoms with van der Waals surface area (Å²) in [4.78, 5) is 30.6. The Morgan fingerprint density at radius 3 is 2.52 bits per heavy atom. The minimum absolute atomic E-state index is 0.241. The Hall–Kier alpha value is -3.75. The van der Waals surface area contributed by atoms with Crippen molar-refractivity contribution in [3.63, 3.8) is 0 Å². The smallest absolute Gasteiger partial charge is 0.315 e. The predicted molar refractivity (Wildman–Crippen MR) is 115 cm³/mol. The van der Waals surface area contributed by atoms with Crippen LogP contribution in [0.25, 0.3) is 0 Å². The zero-order valence-electron chi connectivity index (χ0n) is 16.9. The molecule has 1 aromatic carbocycles. The number of amides is 2. The zero-order valence-corrected chi connectivity index (χ0v) is 16.9. The highest BCUT2D eigenvalue weighted by atomic mass is 19.1. The number of hydrogen-bond donors (Lipinski definition) is 2. The van der Waals surface area contributed by atoms with Crippen LogP contribution in [-0.2, 0) is 22.6 Å². The van der Waals surface area contributed by atoms with Gasteiger partial charge in [0.05, 0.1) is 0 Å². The zero-order chi connectivity index (χ0) is 21.6. The molecule has 9 heteroatoms. The van der Waals surface area contributed by atoms with Crippen LogP contribution in [0.3, 0.4) is 0 Å². The second-order valence-corrected chi connectivity index (χ2v) is 7.37. The lowest BCUT2D eigenvalue weighted by atomic mass is 10.2. The number of halogens is 1. The average Bonchev–Trinajstić information content (AvgIpc) is 3.45. The maximum Gasteiger partial charge on any atom is 0.315 e. The molecule has 1 aliphatic rings. The Kier molecular flexibility index (Phi) is 6.21. The number of nitrogens with one attached hydrogen (secondary N) is 2. The molecule has 0 saturated carbocycles. The summed E-state index contributed by atoms with van der Waals surface area (Å²) in [6.45, 7) is 2.32. The van der Waals surface area contributed by atoms with Crippen molar-refractivity contribution in [2.45, 2.75) is 25.8 Å². The molecule has 0 aliphatic carbocycles. The lowest BCUT2D eigenvalue weighted by Gasteiger charge is -2.18. The fourth-order valence-corrected chi connectivity index (χ4v) is 3.51. The maximum atomic E-state index is 14.0. The van der Waals surface area contributed by atoms with E-state index in [-0.39, 0.29) is 11.5 Å². The number of carbonyl (C=O) groups is 2. The molecule has 160 valence electrons. The van der Waals surface area contributed by atoms with Gasteiger partial charge in [-0.2, -0.15) is 5.10 Å². The van der Waals surface area contributed by atoms with Crippen molar-refractivity contribution in [2.75, 3.05) is 28.6 Å². The van der Waals surface area contributed by atoms with E-state index < -0.39 is 17.6 Å². The van der Waals surface area contributed by atoms with E-state index in [1.807, 2.05) is 12.1 Å². The van der Waals surface area contributed by atoms with Gasteiger partial charge in [-0.15, -0.1) is 0 Å². The van der Waals surface area contributed by atoms with Gasteiger partial charge in [0.1, 0.15) is 5.82 Å². The second-order valence-electron chi connectivity index (χ2n) is 7.37. The molecule has 0 atom stereocenters. The van der Waals surface area contributed by atoms with Gasteiger partial charge in [-0.1, -0.05) is 0 Å². The number of rotatable bonds is 6. The largest absolute Gasteiger partial charge is 0.371 e. The van der Waals surface area contributed by atoms with E-state index in [1.165, 1.54) is 12.1 Å². The van der Waals surface area contributed by atoms with Crippen LogP contribution in [0.2, 0.25) is 0 Å². The summed E-state index contributed by atoms with van der Waals surface area (Å²) in [5, 5.41) is 9.19. The molecule has 0 spiro atoms. The predicted octanol–water partition coefficient (Wildman–Crippen LogP) is 2.84. The van der Waals surface area contributed by atoms with Gasteiger partial charge in [0.15, 0.2) is 5.82 Å². The Bertz CT molecular complexity index is 1060. The summed E-state index contributed by atoms with van der Waals surface area (Å²) < 4.78 is 15.7. The van der Waals surface area contributed by atoms with Crippen molar-refractivity contribution in [3.8, 4) is 0 Å². The number of benzene rings is 1. The Labute approximate surface area is 179 Å². The number of pyridine rings is 1. The third-order valence-electron chi connectivity index (χ3n) is 5.08. The second kappa shape index (κ2) is 9.38. The number of aromatic nitrogens is 3. The van der Waals surface area contributed by atoms with Gasteiger partial charge in [0.25, 0.3) is 0 Å². The molecule has 31 heavy (non-hydrogen) atoms. The van der Waals surface area contributed by atoms with Crippen LogP contribution < -0.4 is 15.5 Å². The molecule has 4 rings (SSSR count). The number of hydrogen-bond acceptors (Lipinski definition) is 5. The minimum atomic E-state index is -0.885. The molecule has 0 radical (unpaired) electrons. The molecule has 1 saturated heterocycles. The molecule has 2 N–H and O–H groups in total. The van der Waals surface area contributed by atoms with Gasteiger partial charge in [-0.3, -0.25) is 19.3 Å². The van der Waals surface area contributed by atoms with Crippen LogP contribution in [0.15, 0.2) is 55.0 Å². The maximum absolute atomic E-state index is 14.0. The fraction of sp³-hybridized carbons (Fsp3) is 0.273. The van der Waals surface area contributed by atoms with Gasteiger partial charge in [-0.05, 0) is 55.2 Å². The SMILES string of the molecule is O=C(Nc1cc(F)cc(N2CCCC2)c1)C(=O)Nc1ccn(CCc2ccncc2)n1. The number of nitrogens with zero attached hydrogens (tertiary/aromatic N) is 4. The summed E-state index contributed by atoms with van der Waals surface area (Å²) >= 11 is 0. The first-order chi connectivity index (χ1) is 15.1. The number of aryl methyl sites for hydroxylation is 2. The van der Waals surface area contributed by atoms with Crippen LogP contribution in [-0.4, -0.2) is 39.7 Å². The average molecular weight is 422 g/mol. The van der Waals surface area contributed by atoms with E-state index in [2.05, 4.69) is 25.6 Å². The van der Waals surface area contributed by atoms with Gasteiger partial charge < -0.3 is 15.5 Å². The van der Waals surface area contributed by atoms with Crippen LogP contribution in [0.1, 0.15) is 18.4 Å². The highest BCUT2D eigenvalue weighted by molar-refractivity contribution is 6.43. The van der Waals surface area contributed by atoms with Crippen molar-refractivity contribution >= 4 is 29.0 Å². The molecular weight excluding hydrogens is 399 g/mol. The quantitative estimate of drug-likeness (QED) is 0.596. The molecule has 2 amide bonds. The van der Waals surface area contributed by atoms with E-state index in [0.29, 0.717) is 12.2 Å². The van der Waals surface area contributed by atoms with Crippen molar-refractivity contribution in [2.24, 2.45) is 0 Å². The topological polar surface area (TPSA) is 92.2 Å². The normalized spacial score (nSPS) is 13.3. The first-order valence-corrected chi connectivity index (χ1v) is 10.2. The molecule has 0 unspecified atom stereocenters. The standard InChI is InChI=1S/C22H23FN6O2/c23-17-13-18(15-19(14-17)28-9-1-2-10-28)25-21(30)22(31)26-20-6-12-29(27-20)11-5-16-3-7-24-8-4-16/h3-4,6-8,12-15H,1-2,5,9-11H2,(H,25,30)(H,26,27,31).